The third kappa shape index (κ3) is 3.80. The summed E-state index contributed by atoms with van der Waals surface area (Å²) in [6, 6.07) is 21.5. The van der Waals surface area contributed by atoms with Gasteiger partial charge in [-0.2, -0.15) is 10.2 Å². The van der Waals surface area contributed by atoms with Gasteiger partial charge in [0.15, 0.2) is 0 Å². The van der Waals surface area contributed by atoms with E-state index in [0.717, 1.165) is 22.3 Å². The van der Waals surface area contributed by atoms with Crippen LogP contribution in [-0.2, 0) is 6.54 Å². The van der Waals surface area contributed by atoms with Crippen LogP contribution in [0.25, 0.3) is 33.5 Å². The summed E-state index contributed by atoms with van der Waals surface area (Å²) in [6.45, 7) is 2.79. The maximum absolute atomic E-state index is 11.6. The lowest BCUT2D eigenvalue weighted by molar-refractivity contribution is 0.0699. The number of rotatable bonds is 7. The van der Waals surface area contributed by atoms with Crippen LogP contribution in [0.3, 0.4) is 0 Å². The largest absolute Gasteiger partial charge is 0.478 e. The van der Waals surface area contributed by atoms with Crippen molar-refractivity contribution in [2.45, 2.75) is 13.5 Å². The molecule has 0 amide bonds. The van der Waals surface area contributed by atoms with Gasteiger partial charge in [0.25, 0.3) is 6.01 Å². The molecule has 0 aliphatic heterocycles. The number of para-hydroxylation sites is 1. The number of aromatic nitrogens is 6. The molecule has 0 fully saturated rings. The fourth-order valence-electron chi connectivity index (χ4n) is 3.87. The van der Waals surface area contributed by atoms with E-state index in [1.54, 1.807) is 12.1 Å². The molecule has 3 aromatic carbocycles. The second-order valence-corrected chi connectivity index (χ2v) is 7.37. The van der Waals surface area contributed by atoms with Crippen molar-refractivity contribution >= 4 is 17.0 Å². The van der Waals surface area contributed by atoms with Crippen molar-refractivity contribution in [1.29, 1.82) is 0 Å². The van der Waals surface area contributed by atoms with Gasteiger partial charge in [-0.15, -0.1) is 10.2 Å². The lowest BCUT2D eigenvalue weighted by atomic mass is 9.98. The molecule has 9 heteroatoms. The van der Waals surface area contributed by atoms with Gasteiger partial charge in [0, 0.05) is 5.56 Å². The number of fused-ring (bicyclic) bond motifs is 1. The molecule has 0 atom stereocenters. The summed E-state index contributed by atoms with van der Waals surface area (Å²) in [5, 5.41) is 23.9. The Morgan fingerprint density at radius 2 is 1.82 bits per heavy atom. The highest BCUT2D eigenvalue weighted by Gasteiger charge is 2.18. The highest BCUT2D eigenvalue weighted by atomic mass is 16.5. The van der Waals surface area contributed by atoms with Crippen LogP contribution >= 0.6 is 0 Å². The van der Waals surface area contributed by atoms with E-state index in [9.17, 15) is 9.90 Å². The van der Waals surface area contributed by atoms with Gasteiger partial charge >= 0.3 is 5.97 Å². The van der Waals surface area contributed by atoms with Crippen LogP contribution in [0.4, 0.5) is 0 Å². The monoisotopic (exact) mass is 440 g/mol. The molecule has 9 nitrogen and oxygen atoms in total. The number of aromatic amines is 1. The molecule has 5 aromatic rings. The van der Waals surface area contributed by atoms with Gasteiger partial charge < -0.3 is 9.84 Å². The standard InChI is InChI=1S/C24H20N6O3/c1-2-33-24-25-21-19(23(31)32)8-5-9-20(21)30(24)14-15-10-12-16(13-11-15)17-6-3-4-7-18(17)22-26-28-29-27-22/h3-13H,2,14H2,1H3,(H,31,32)(H,26,27,28,29). The van der Waals surface area contributed by atoms with E-state index in [2.05, 4.69) is 25.6 Å². The number of carbonyl (C=O) groups is 1. The molecule has 2 N–H and O–H groups in total. The minimum atomic E-state index is -1.02. The Hall–Kier alpha value is -4.53. The highest BCUT2D eigenvalue weighted by molar-refractivity contribution is 6.01. The molecule has 0 aliphatic rings. The number of nitrogens with one attached hydrogen (secondary N) is 1. The highest BCUT2D eigenvalue weighted by Crippen LogP contribution is 2.31. The zero-order chi connectivity index (χ0) is 22.8. The summed E-state index contributed by atoms with van der Waals surface area (Å²) in [6.07, 6.45) is 0. The van der Waals surface area contributed by atoms with Crippen LogP contribution in [0, 0.1) is 0 Å². The van der Waals surface area contributed by atoms with E-state index in [1.807, 2.05) is 66.1 Å². The van der Waals surface area contributed by atoms with E-state index in [0.29, 0.717) is 36.0 Å². The first-order valence-corrected chi connectivity index (χ1v) is 10.4. The maximum atomic E-state index is 11.6. The van der Waals surface area contributed by atoms with Gasteiger partial charge in [-0.25, -0.2) is 4.79 Å². The number of carboxylic acid groups (broad SMARTS) is 1. The first kappa shape index (κ1) is 20.4. The predicted molar refractivity (Wildman–Crippen MR) is 122 cm³/mol. The third-order valence-corrected chi connectivity index (χ3v) is 5.37. The summed E-state index contributed by atoms with van der Waals surface area (Å²) >= 11 is 0. The summed E-state index contributed by atoms with van der Waals surface area (Å²) in [7, 11) is 0. The molecule has 0 unspecified atom stereocenters. The van der Waals surface area contributed by atoms with Crippen LogP contribution in [0.2, 0.25) is 0 Å². The van der Waals surface area contributed by atoms with E-state index in [1.165, 1.54) is 0 Å². The summed E-state index contributed by atoms with van der Waals surface area (Å²) in [4.78, 5) is 16.1. The summed E-state index contributed by atoms with van der Waals surface area (Å²) < 4.78 is 7.61. The molecule has 164 valence electrons. The number of imidazole rings is 1. The number of hydrogen-bond acceptors (Lipinski definition) is 6. The molecule has 0 radical (unpaired) electrons. The quantitative estimate of drug-likeness (QED) is 0.392. The Morgan fingerprint density at radius 1 is 1.03 bits per heavy atom. The SMILES string of the molecule is CCOc1nc2c(C(=O)O)cccc2n1Cc1ccc(-c2ccccc2-c2nn[nH]n2)cc1. The molecule has 0 aliphatic carbocycles. The summed E-state index contributed by atoms with van der Waals surface area (Å²) in [5.74, 6) is -0.479. The normalized spacial score (nSPS) is 11.1. The minimum absolute atomic E-state index is 0.153. The van der Waals surface area contributed by atoms with Gasteiger partial charge in [-0.1, -0.05) is 54.6 Å². The summed E-state index contributed by atoms with van der Waals surface area (Å²) in [5.41, 5.74) is 5.22. The van der Waals surface area contributed by atoms with Gasteiger partial charge in [0.1, 0.15) is 5.52 Å². The van der Waals surface area contributed by atoms with E-state index >= 15 is 0 Å². The Bertz CT molecular complexity index is 1420. The zero-order valence-electron chi connectivity index (χ0n) is 17.8. The smallest absolute Gasteiger partial charge is 0.337 e. The number of H-pyrrole nitrogens is 1. The first-order chi connectivity index (χ1) is 16.2. The Balaban J connectivity index is 1.51. The molecule has 2 aromatic heterocycles. The number of benzene rings is 3. The number of carboxylic acids is 1. The lowest BCUT2D eigenvalue weighted by Gasteiger charge is -2.11. The third-order valence-electron chi connectivity index (χ3n) is 5.37. The Labute approximate surface area is 188 Å². The number of tetrazole rings is 1. The molecule has 0 spiro atoms. The van der Waals surface area contributed by atoms with Crippen molar-refractivity contribution < 1.29 is 14.6 Å². The van der Waals surface area contributed by atoms with E-state index < -0.39 is 5.97 Å². The number of nitrogens with zero attached hydrogens (tertiary/aromatic N) is 5. The number of aromatic carboxylic acids is 1. The Morgan fingerprint density at radius 3 is 2.52 bits per heavy atom. The minimum Gasteiger partial charge on any atom is -0.478 e. The van der Waals surface area contributed by atoms with Crippen LogP contribution in [0.15, 0.2) is 66.7 Å². The average Bonchev–Trinajstić information content (AvgIpc) is 3.49. The van der Waals surface area contributed by atoms with Crippen molar-refractivity contribution in [3.8, 4) is 28.5 Å². The van der Waals surface area contributed by atoms with E-state index in [-0.39, 0.29) is 5.56 Å². The molecular formula is C24H20N6O3. The van der Waals surface area contributed by atoms with Crippen LogP contribution < -0.4 is 4.74 Å². The van der Waals surface area contributed by atoms with Gasteiger partial charge in [-0.05, 0) is 41.0 Å². The Kier molecular flexibility index (Phi) is 5.27. The molecule has 0 saturated heterocycles. The van der Waals surface area contributed by atoms with Crippen molar-refractivity contribution in [3.63, 3.8) is 0 Å². The van der Waals surface area contributed by atoms with Gasteiger partial charge in [0.2, 0.25) is 5.82 Å². The zero-order valence-corrected chi connectivity index (χ0v) is 17.8. The fraction of sp³-hybridized carbons (Fsp3) is 0.125. The number of ether oxygens (including phenoxy) is 1. The van der Waals surface area contributed by atoms with Gasteiger partial charge in [0.05, 0.1) is 24.2 Å². The van der Waals surface area contributed by atoms with Crippen molar-refractivity contribution in [2.24, 2.45) is 0 Å². The maximum Gasteiger partial charge on any atom is 0.337 e. The molecule has 33 heavy (non-hydrogen) atoms. The average molecular weight is 440 g/mol. The molecule has 0 saturated carbocycles. The second-order valence-electron chi connectivity index (χ2n) is 7.37. The van der Waals surface area contributed by atoms with Crippen molar-refractivity contribution in [2.75, 3.05) is 6.61 Å². The lowest BCUT2D eigenvalue weighted by Crippen LogP contribution is -2.05. The van der Waals surface area contributed by atoms with Crippen LogP contribution in [0.5, 0.6) is 6.01 Å². The second kappa shape index (κ2) is 8.54. The predicted octanol–water partition coefficient (Wildman–Crippen LogP) is 4.03. The van der Waals surface area contributed by atoms with Gasteiger partial charge in [-0.3, -0.25) is 4.57 Å². The van der Waals surface area contributed by atoms with Crippen LogP contribution in [-0.4, -0.2) is 47.9 Å². The van der Waals surface area contributed by atoms with E-state index in [4.69, 9.17) is 4.74 Å². The topological polar surface area (TPSA) is 119 Å². The van der Waals surface area contributed by atoms with Crippen molar-refractivity contribution in [1.82, 2.24) is 30.2 Å². The molecular weight excluding hydrogens is 420 g/mol. The number of hydrogen-bond donors (Lipinski definition) is 2. The first-order valence-electron chi connectivity index (χ1n) is 10.4. The molecule has 2 heterocycles. The van der Waals surface area contributed by atoms with Crippen LogP contribution in [0.1, 0.15) is 22.8 Å². The van der Waals surface area contributed by atoms with Crippen molar-refractivity contribution in [3.05, 3.63) is 77.9 Å². The molecule has 0 bridgehead atoms. The molecule has 5 rings (SSSR count). The fourth-order valence-corrected chi connectivity index (χ4v) is 3.87.